The van der Waals surface area contributed by atoms with Gasteiger partial charge in [0.05, 0.1) is 12.1 Å². The van der Waals surface area contributed by atoms with E-state index in [9.17, 15) is 4.79 Å². The lowest BCUT2D eigenvalue weighted by Crippen LogP contribution is -2.46. The Hall–Kier alpha value is -1.99. The van der Waals surface area contributed by atoms with Crippen LogP contribution >= 0.6 is 23.6 Å². The summed E-state index contributed by atoms with van der Waals surface area (Å²) in [5.41, 5.74) is 7.03. The van der Waals surface area contributed by atoms with Crippen molar-refractivity contribution in [2.24, 2.45) is 0 Å². The Morgan fingerprint density at radius 2 is 2.05 bits per heavy atom. The number of hydrogen-bond acceptors (Lipinski definition) is 4. The minimum atomic E-state index is -0.184. The van der Waals surface area contributed by atoms with Crippen molar-refractivity contribution in [3.8, 4) is 11.3 Å². The van der Waals surface area contributed by atoms with Crippen molar-refractivity contribution in [2.45, 2.75) is 6.42 Å². The zero-order chi connectivity index (χ0) is 14.4. The van der Waals surface area contributed by atoms with Gasteiger partial charge in [0.1, 0.15) is 5.01 Å². The normalized spacial score (nSPS) is 9.85. The highest BCUT2D eigenvalue weighted by atomic mass is 32.1. The first-order valence-electron chi connectivity index (χ1n) is 5.95. The number of carbonyl (C=O) groups excluding carboxylic acids is 1. The van der Waals surface area contributed by atoms with Gasteiger partial charge in [-0.1, -0.05) is 30.3 Å². The minimum Gasteiger partial charge on any atom is -0.364 e. The Balaban J connectivity index is 1.93. The number of nitrogens with one attached hydrogen (secondary N) is 3. The first-order valence-corrected chi connectivity index (χ1v) is 7.24. The lowest BCUT2D eigenvalue weighted by molar-refractivity contribution is -0.121. The molecule has 3 N–H and O–H groups in total. The van der Waals surface area contributed by atoms with E-state index in [0.717, 1.165) is 16.3 Å². The van der Waals surface area contributed by atoms with Crippen LogP contribution in [0.2, 0.25) is 0 Å². The number of carbonyl (C=O) groups is 1. The van der Waals surface area contributed by atoms with E-state index in [1.165, 1.54) is 11.3 Å². The Morgan fingerprint density at radius 1 is 1.30 bits per heavy atom. The molecule has 0 aliphatic carbocycles. The fourth-order valence-corrected chi connectivity index (χ4v) is 2.36. The third-order valence-electron chi connectivity index (χ3n) is 2.48. The predicted molar refractivity (Wildman–Crippen MR) is 84.2 cm³/mol. The van der Waals surface area contributed by atoms with Crippen molar-refractivity contribution in [1.29, 1.82) is 0 Å². The van der Waals surface area contributed by atoms with Crippen LogP contribution in [0.5, 0.6) is 0 Å². The standard InChI is InChI=1S/C13H14N4OS2/c1-14-13(19)17-16-11(18)7-12-15-10(8-20-12)9-5-3-2-4-6-9/h2-6,8H,7H2,1H3,(H,16,18)(H2,14,17,19). The van der Waals surface area contributed by atoms with E-state index in [1.807, 2.05) is 35.7 Å². The maximum absolute atomic E-state index is 11.7. The van der Waals surface area contributed by atoms with Crippen LogP contribution in [0.25, 0.3) is 11.3 Å². The van der Waals surface area contributed by atoms with Gasteiger partial charge in [-0.3, -0.25) is 15.6 Å². The molecule has 1 heterocycles. The molecule has 0 unspecified atom stereocenters. The van der Waals surface area contributed by atoms with E-state index in [0.29, 0.717) is 5.11 Å². The first kappa shape index (κ1) is 14.4. The molecule has 2 aromatic rings. The molecule has 0 saturated heterocycles. The van der Waals surface area contributed by atoms with Crippen LogP contribution in [0.1, 0.15) is 5.01 Å². The number of rotatable bonds is 3. The van der Waals surface area contributed by atoms with Gasteiger partial charge in [0.2, 0.25) is 5.91 Å². The average Bonchev–Trinajstić information content (AvgIpc) is 2.94. The molecule has 0 aliphatic heterocycles. The van der Waals surface area contributed by atoms with E-state index in [-0.39, 0.29) is 12.3 Å². The van der Waals surface area contributed by atoms with Crippen LogP contribution in [-0.2, 0) is 11.2 Å². The number of hydrogen-bond donors (Lipinski definition) is 3. The van der Waals surface area contributed by atoms with E-state index >= 15 is 0 Å². The summed E-state index contributed by atoms with van der Waals surface area (Å²) in [6.45, 7) is 0. The molecule has 0 aliphatic rings. The van der Waals surface area contributed by atoms with Crippen LogP contribution < -0.4 is 16.2 Å². The van der Waals surface area contributed by atoms with Crippen molar-refractivity contribution >= 4 is 34.6 Å². The van der Waals surface area contributed by atoms with Gasteiger partial charge in [-0.25, -0.2) is 4.98 Å². The molecular weight excluding hydrogens is 292 g/mol. The summed E-state index contributed by atoms with van der Waals surface area (Å²) in [6.07, 6.45) is 0.219. The molecule has 0 atom stereocenters. The van der Waals surface area contributed by atoms with Gasteiger partial charge in [0.15, 0.2) is 5.11 Å². The molecule has 0 bridgehead atoms. The second kappa shape index (κ2) is 6.97. The van der Waals surface area contributed by atoms with E-state index in [2.05, 4.69) is 21.2 Å². The number of benzene rings is 1. The number of thiazole rings is 1. The first-order chi connectivity index (χ1) is 9.69. The Morgan fingerprint density at radius 3 is 2.75 bits per heavy atom. The Bertz CT molecular complexity index is 597. The average molecular weight is 306 g/mol. The van der Waals surface area contributed by atoms with Gasteiger partial charge in [0.25, 0.3) is 0 Å². The molecule has 2 rings (SSSR count). The van der Waals surface area contributed by atoms with Crippen LogP contribution in [-0.4, -0.2) is 23.1 Å². The third kappa shape index (κ3) is 4.01. The van der Waals surface area contributed by atoms with Crippen LogP contribution in [0, 0.1) is 0 Å². The van der Waals surface area contributed by atoms with E-state index < -0.39 is 0 Å². The molecule has 1 aromatic heterocycles. The third-order valence-corrected chi connectivity index (χ3v) is 3.63. The summed E-state index contributed by atoms with van der Waals surface area (Å²) in [5, 5.41) is 5.78. The quantitative estimate of drug-likeness (QED) is 0.592. The number of nitrogens with zero attached hydrogens (tertiary/aromatic N) is 1. The molecule has 1 amide bonds. The van der Waals surface area contributed by atoms with Gasteiger partial charge < -0.3 is 5.32 Å². The minimum absolute atomic E-state index is 0.184. The maximum Gasteiger partial charge on any atom is 0.245 e. The van der Waals surface area contributed by atoms with Crippen molar-refractivity contribution < 1.29 is 4.79 Å². The summed E-state index contributed by atoms with van der Waals surface area (Å²) < 4.78 is 0. The SMILES string of the molecule is CNC(=S)NNC(=O)Cc1nc(-c2ccccc2)cs1. The maximum atomic E-state index is 11.7. The molecule has 7 heteroatoms. The summed E-state index contributed by atoms with van der Waals surface area (Å²) in [6, 6.07) is 9.87. The highest BCUT2D eigenvalue weighted by Gasteiger charge is 2.09. The van der Waals surface area contributed by atoms with Crippen molar-refractivity contribution in [3.05, 3.63) is 40.7 Å². The summed E-state index contributed by atoms with van der Waals surface area (Å²) in [5.74, 6) is -0.184. The lowest BCUT2D eigenvalue weighted by atomic mass is 10.2. The van der Waals surface area contributed by atoms with Crippen molar-refractivity contribution in [2.75, 3.05) is 7.05 Å². The Labute approximate surface area is 126 Å². The van der Waals surface area contributed by atoms with E-state index in [4.69, 9.17) is 12.2 Å². The number of thiocarbonyl (C=S) groups is 1. The molecule has 0 radical (unpaired) electrons. The fraction of sp³-hybridized carbons (Fsp3) is 0.154. The van der Waals surface area contributed by atoms with E-state index in [1.54, 1.807) is 7.05 Å². The zero-order valence-electron chi connectivity index (χ0n) is 10.8. The largest absolute Gasteiger partial charge is 0.364 e. The molecular formula is C13H14N4OS2. The smallest absolute Gasteiger partial charge is 0.245 e. The molecule has 0 spiro atoms. The van der Waals surface area contributed by atoms with Gasteiger partial charge >= 0.3 is 0 Å². The van der Waals surface area contributed by atoms with Gasteiger partial charge in [-0.2, -0.15) is 0 Å². The summed E-state index contributed by atoms with van der Waals surface area (Å²) >= 11 is 6.32. The van der Waals surface area contributed by atoms with Crippen molar-refractivity contribution in [1.82, 2.24) is 21.2 Å². The molecule has 20 heavy (non-hydrogen) atoms. The van der Waals surface area contributed by atoms with Crippen LogP contribution in [0.4, 0.5) is 0 Å². The lowest BCUT2D eigenvalue weighted by Gasteiger charge is -2.07. The second-order valence-electron chi connectivity index (χ2n) is 3.92. The van der Waals surface area contributed by atoms with Gasteiger partial charge in [0, 0.05) is 18.0 Å². The monoisotopic (exact) mass is 306 g/mol. The number of aromatic nitrogens is 1. The van der Waals surface area contributed by atoms with Gasteiger partial charge in [-0.15, -0.1) is 11.3 Å². The highest BCUT2D eigenvalue weighted by molar-refractivity contribution is 7.80. The van der Waals surface area contributed by atoms with Crippen LogP contribution in [0.3, 0.4) is 0 Å². The fourth-order valence-electron chi connectivity index (χ4n) is 1.50. The topological polar surface area (TPSA) is 66.0 Å². The van der Waals surface area contributed by atoms with Crippen LogP contribution in [0.15, 0.2) is 35.7 Å². The molecule has 0 fully saturated rings. The summed E-state index contributed by atoms with van der Waals surface area (Å²) in [4.78, 5) is 16.1. The number of amides is 1. The molecule has 104 valence electrons. The predicted octanol–water partition coefficient (Wildman–Crippen LogP) is 1.48. The molecule has 5 nitrogen and oxygen atoms in total. The number of hydrazine groups is 1. The second-order valence-corrected chi connectivity index (χ2v) is 5.27. The molecule has 1 aromatic carbocycles. The van der Waals surface area contributed by atoms with Crippen molar-refractivity contribution in [3.63, 3.8) is 0 Å². The summed E-state index contributed by atoms with van der Waals surface area (Å²) in [7, 11) is 1.68. The van der Waals surface area contributed by atoms with Gasteiger partial charge in [-0.05, 0) is 12.2 Å². The Kier molecular flexibility index (Phi) is 5.03. The highest BCUT2D eigenvalue weighted by Crippen LogP contribution is 2.21. The molecule has 0 saturated carbocycles. The zero-order valence-corrected chi connectivity index (χ0v) is 12.5.